The zero-order valence-corrected chi connectivity index (χ0v) is 11.1. The van der Waals surface area contributed by atoms with Crippen molar-refractivity contribution in [3.05, 3.63) is 0 Å². The van der Waals surface area contributed by atoms with Crippen molar-refractivity contribution in [2.75, 3.05) is 20.8 Å². The van der Waals surface area contributed by atoms with Crippen molar-refractivity contribution in [3.63, 3.8) is 0 Å². The summed E-state index contributed by atoms with van der Waals surface area (Å²) in [5.74, 6) is 0. The molecule has 0 aromatic heterocycles. The number of nitrogens with two attached hydrogens (primary N) is 1. The molecule has 0 unspecified atom stereocenters. The van der Waals surface area contributed by atoms with Crippen molar-refractivity contribution in [2.45, 2.75) is 45.4 Å². The molecule has 0 amide bonds. The molecule has 0 heterocycles. The van der Waals surface area contributed by atoms with Gasteiger partial charge in [0.15, 0.2) is 0 Å². The van der Waals surface area contributed by atoms with Crippen molar-refractivity contribution in [1.82, 2.24) is 0 Å². The van der Waals surface area contributed by atoms with E-state index in [1.807, 2.05) is 0 Å². The maximum Gasteiger partial charge on any atom is 0.696 e. The molecule has 4 nitrogen and oxygen atoms in total. The van der Waals surface area contributed by atoms with Crippen molar-refractivity contribution >= 4 is 8.25 Å². The van der Waals surface area contributed by atoms with Crippen LogP contribution in [0.2, 0.25) is 0 Å². The number of hydrogen-bond donors (Lipinski definition) is 1. The first-order valence-corrected chi connectivity index (χ1v) is 6.58. The summed E-state index contributed by atoms with van der Waals surface area (Å²) in [7, 11) is 0.817. The molecule has 0 aliphatic heterocycles. The topological polar surface area (TPSA) is 61.5 Å². The Kier molecular flexibility index (Phi) is 19.0. The van der Waals surface area contributed by atoms with Crippen molar-refractivity contribution in [1.29, 1.82) is 0 Å². The quantitative estimate of drug-likeness (QED) is 0.521. The van der Waals surface area contributed by atoms with E-state index >= 15 is 0 Å². The minimum Gasteiger partial charge on any atom is -0.330 e. The van der Waals surface area contributed by atoms with E-state index in [-0.39, 0.29) is 0 Å². The van der Waals surface area contributed by atoms with E-state index in [9.17, 15) is 4.57 Å². The summed E-state index contributed by atoms with van der Waals surface area (Å²) in [5.41, 5.74) is 5.34. The highest BCUT2D eigenvalue weighted by Gasteiger charge is 2.10. The number of unbranched alkanes of at least 4 members (excludes halogenated alkanes) is 5. The SMILES string of the molecule is CCCCCCCCN.CO[P+](=O)OC. The van der Waals surface area contributed by atoms with Crippen LogP contribution in [-0.4, -0.2) is 20.8 Å². The lowest BCUT2D eigenvalue weighted by Crippen LogP contribution is -1.97. The Labute approximate surface area is 94.5 Å². The molecule has 0 saturated heterocycles. The average Bonchev–Trinajstić information content (AvgIpc) is 2.29. The molecule has 0 fully saturated rings. The second kappa shape index (κ2) is 16.4. The van der Waals surface area contributed by atoms with Crippen LogP contribution in [0.25, 0.3) is 0 Å². The smallest absolute Gasteiger partial charge is 0.330 e. The van der Waals surface area contributed by atoms with Crippen LogP contribution in [0.3, 0.4) is 0 Å². The third kappa shape index (κ3) is 20.1. The van der Waals surface area contributed by atoms with Crippen molar-refractivity contribution in [3.8, 4) is 0 Å². The Bertz CT molecular complexity index is 122. The van der Waals surface area contributed by atoms with Gasteiger partial charge >= 0.3 is 8.25 Å². The molecule has 0 aliphatic carbocycles. The first kappa shape index (κ1) is 17.4. The molecule has 2 N–H and O–H groups in total. The van der Waals surface area contributed by atoms with E-state index < -0.39 is 8.25 Å². The Morgan fingerprint density at radius 1 is 1.00 bits per heavy atom. The average molecular weight is 238 g/mol. The van der Waals surface area contributed by atoms with Crippen LogP contribution >= 0.6 is 8.25 Å². The number of hydrogen-bond acceptors (Lipinski definition) is 4. The Morgan fingerprint density at radius 2 is 1.47 bits per heavy atom. The van der Waals surface area contributed by atoms with Crippen LogP contribution in [0, 0.1) is 0 Å². The van der Waals surface area contributed by atoms with Gasteiger partial charge in [0, 0.05) is 4.57 Å². The van der Waals surface area contributed by atoms with Crippen LogP contribution in [0.15, 0.2) is 0 Å². The van der Waals surface area contributed by atoms with Gasteiger partial charge in [-0.3, -0.25) is 0 Å². The van der Waals surface area contributed by atoms with Crippen molar-refractivity contribution in [2.24, 2.45) is 5.73 Å². The fourth-order valence-corrected chi connectivity index (χ4v) is 1.15. The minimum atomic E-state index is -1.83. The van der Waals surface area contributed by atoms with Crippen LogP contribution in [0.5, 0.6) is 0 Å². The second-order valence-electron chi connectivity index (χ2n) is 3.15. The summed E-state index contributed by atoms with van der Waals surface area (Å²) in [6, 6.07) is 0. The van der Waals surface area contributed by atoms with Gasteiger partial charge in [-0.05, 0) is 13.0 Å². The molecule has 0 spiro atoms. The summed E-state index contributed by atoms with van der Waals surface area (Å²) < 4.78 is 18.3. The molecule has 0 bridgehead atoms. The Balaban J connectivity index is 0. The maximum absolute atomic E-state index is 9.88. The lowest BCUT2D eigenvalue weighted by Gasteiger charge is -1.96. The molecule has 0 rings (SSSR count). The summed E-state index contributed by atoms with van der Waals surface area (Å²) in [4.78, 5) is 0. The molecule has 0 saturated carbocycles. The molecule has 5 heteroatoms. The zero-order chi connectivity index (χ0) is 11.9. The van der Waals surface area contributed by atoms with Gasteiger partial charge in [0.1, 0.15) is 0 Å². The van der Waals surface area contributed by atoms with Crippen LogP contribution in [0.1, 0.15) is 45.4 Å². The molecular weight excluding hydrogens is 213 g/mol. The summed E-state index contributed by atoms with van der Waals surface area (Å²) in [5, 5.41) is 0. The third-order valence-electron chi connectivity index (χ3n) is 1.86. The predicted molar refractivity (Wildman–Crippen MR) is 64.1 cm³/mol. The lowest BCUT2D eigenvalue weighted by molar-refractivity contribution is 0.302. The monoisotopic (exact) mass is 238 g/mol. The molecule has 0 atom stereocenters. The van der Waals surface area contributed by atoms with Crippen LogP contribution in [-0.2, 0) is 13.6 Å². The van der Waals surface area contributed by atoms with E-state index in [1.165, 1.54) is 52.7 Å². The molecular formula is C10H25NO3P+. The van der Waals surface area contributed by atoms with Gasteiger partial charge < -0.3 is 5.73 Å². The molecule has 15 heavy (non-hydrogen) atoms. The van der Waals surface area contributed by atoms with Crippen LogP contribution < -0.4 is 5.73 Å². The van der Waals surface area contributed by atoms with Gasteiger partial charge in [0.25, 0.3) is 0 Å². The Hall–Kier alpha value is -0.0200. The standard InChI is InChI=1S/C8H19N.C2H6O3P/c1-2-3-4-5-6-7-8-9;1-4-6(3)5-2/h2-9H2,1H3;1-2H3/q;+1. The summed E-state index contributed by atoms with van der Waals surface area (Å²) >= 11 is 0. The van der Waals surface area contributed by atoms with E-state index in [0.717, 1.165) is 6.54 Å². The lowest BCUT2D eigenvalue weighted by atomic mass is 10.1. The second-order valence-corrected chi connectivity index (χ2v) is 4.32. The molecule has 0 aromatic carbocycles. The van der Waals surface area contributed by atoms with Gasteiger partial charge in [0.2, 0.25) is 0 Å². The normalized spacial score (nSPS) is 9.33. The highest BCUT2D eigenvalue weighted by molar-refractivity contribution is 7.33. The van der Waals surface area contributed by atoms with Gasteiger partial charge in [-0.1, -0.05) is 39.0 Å². The van der Waals surface area contributed by atoms with Gasteiger partial charge in [-0.2, -0.15) is 0 Å². The highest BCUT2D eigenvalue weighted by atomic mass is 31.1. The predicted octanol–water partition coefficient (Wildman–Crippen LogP) is 3.24. The van der Waals surface area contributed by atoms with Gasteiger partial charge in [-0.15, -0.1) is 9.05 Å². The van der Waals surface area contributed by atoms with Crippen molar-refractivity contribution < 1.29 is 13.6 Å². The van der Waals surface area contributed by atoms with Crippen LogP contribution in [0.4, 0.5) is 0 Å². The molecule has 92 valence electrons. The summed E-state index contributed by atoms with van der Waals surface area (Å²) in [6.07, 6.45) is 8.05. The Morgan fingerprint density at radius 3 is 1.80 bits per heavy atom. The third-order valence-corrected chi connectivity index (χ3v) is 2.45. The first-order chi connectivity index (χ1) is 7.22. The molecule has 0 aromatic rings. The fraction of sp³-hybridized carbons (Fsp3) is 1.00. The van der Waals surface area contributed by atoms with E-state index in [1.54, 1.807) is 0 Å². The van der Waals surface area contributed by atoms with E-state index in [4.69, 9.17) is 5.73 Å². The highest BCUT2D eigenvalue weighted by Crippen LogP contribution is 2.18. The minimum absolute atomic E-state index is 0.867. The van der Waals surface area contributed by atoms with Gasteiger partial charge in [0.05, 0.1) is 14.2 Å². The van der Waals surface area contributed by atoms with E-state index in [0.29, 0.717) is 0 Å². The zero-order valence-electron chi connectivity index (χ0n) is 10.2. The fourth-order valence-electron chi connectivity index (χ4n) is 0.999. The molecule has 0 radical (unpaired) electrons. The largest absolute Gasteiger partial charge is 0.696 e. The maximum atomic E-state index is 9.88. The molecule has 0 aliphatic rings. The van der Waals surface area contributed by atoms with Gasteiger partial charge in [-0.25, -0.2) is 0 Å². The first-order valence-electron chi connectivity index (χ1n) is 5.48. The van der Waals surface area contributed by atoms with E-state index in [2.05, 4.69) is 16.0 Å². The summed E-state index contributed by atoms with van der Waals surface area (Å²) in [6.45, 7) is 3.11. The number of rotatable bonds is 8.